The van der Waals surface area contributed by atoms with Crippen LogP contribution in [0.1, 0.15) is 28.4 Å². The van der Waals surface area contributed by atoms with Crippen LogP contribution in [-0.2, 0) is 5.75 Å². The van der Waals surface area contributed by atoms with E-state index in [0.29, 0.717) is 0 Å². The van der Waals surface area contributed by atoms with E-state index >= 15 is 0 Å². The molecule has 0 unspecified atom stereocenters. The molecule has 0 fully saturated rings. The summed E-state index contributed by atoms with van der Waals surface area (Å²) in [6, 6.07) is 4.25. The molecular formula is C11H14OS. The van der Waals surface area contributed by atoms with E-state index in [1.54, 1.807) is 0 Å². The molecule has 2 heteroatoms. The number of hydrogen-bond acceptors (Lipinski definition) is 2. The van der Waals surface area contributed by atoms with Gasteiger partial charge >= 0.3 is 0 Å². The average molecular weight is 194 g/mol. The molecule has 1 aliphatic rings. The van der Waals surface area contributed by atoms with E-state index in [1.807, 2.05) is 11.8 Å². The Kier molecular flexibility index (Phi) is 2.35. The molecule has 1 aromatic rings. The van der Waals surface area contributed by atoms with Crippen LogP contribution in [0.2, 0.25) is 0 Å². The van der Waals surface area contributed by atoms with E-state index in [0.717, 1.165) is 11.5 Å². The van der Waals surface area contributed by atoms with Gasteiger partial charge in [0.25, 0.3) is 0 Å². The van der Waals surface area contributed by atoms with E-state index in [1.165, 1.54) is 22.3 Å². The highest BCUT2D eigenvalue weighted by molar-refractivity contribution is 7.98. The third-order valence-corrected chi connectivity index (χ3v) is 3.71. The van der Waals surface area contributed by atoms with E-state index in [9.17, 15) is 5.11 Å². The highest BCUT2D eigenvalue weighted by atomic mass is 32.2. The van der Waals surface area contributed by atoms with Crippen molar-refractivity contribution in [2.75, 3.05) is 5.75 Å². The highest BCUT2D eigenvalue weighted by Gasteiger charge is 2.21. The Hall–Kier alpha value is -0.470. The Bertz CT molecular complexity index is 333. The van der Waals surface area contributed by atoms with Crippen LogP contribution in [0.25, 0.3) is 0 Å². The standard InChI is InChI=1S/C11H14OS/c1-7-3-4-8(2)11-9(7)5-13-6-10(11)12/h3-4,10,12H,5-6H2,1-2H3/t10-/m0/s1. The maximum atomic E-state index is 9.85. The smallest absolute Gasteiger partial charge is 0.0886 e. The maximum absolute atomic E-state index is 9.85. The molecule has 1 nitrogen and oxygen atoms in total. The normalized spacial score (nSPS) is 21.3. The summed E-state index contributed by atoms with van der Waals surface area (Å²) < 4.78 is 0. The second kappa shape index (κ2) is 3.35. The zero-order chi connectivity index (χ0) is 9.42. The molecule has 2 rings (SSSR count). The van der Waals surface area contributed by atoms with Gasteiger partial charge in [0.05, 0.1) is 6.10 Å². The molecule has 0 spiro atoms. The number of rotatable bonds is 0. The monoisotopic (exact) mass is 194 g/mol. The van der Waals surface area contributed by atoms with Crippen LogP contribution in [0.5, 0.6) is 0 Å². The van der Waals surface area contributed by atoms with Gasteiger partial charge in [0.2, 0.25) is 0 Å². The van der Waals surface area contributed by atoms with Gasteiger partial charge in [-0.25, -0.2) is 0 Å². The van der Waals surface area contributed by atoms with Gasteiger partial charge in [-0.3, -0.25) is 0 Å². The summed E-state index contributed by atoms with van der Waals surface area (Å²) in [6.07, 6.45) is -0.256. The van der Waals surface area contributed by atoms with E-state index in [2.05, 4.69) is 26.0 Å². The Labute approximate surface area is 83.2 Å². The lowest BCUT2D eigenvalue weighted by Gasteiger charge is -2.24. The molecule has 0 saturated carbocycles. The van der Waals surface area contributed by atoms with Crippen LogP contribution in [0.3, 0.4) is 0 Å². The summed E-state index contributed by atoms with van der Waals surface area (Å²) in [5.41, 5.74) is 5.07. The summed E-state index contributed by atoms with van der Waals surface area (Å²) in [6.45, 7) is 4.20. The van der Waals surface area contributed by atoms with E-state index < -0.39 is 0 Å². The van der Waals surface area contributed by atoms with Crippen LogP contribution < -0.4 is 0 Å². The van der Waals surface area contributed by atoms with E-state index in [-0.39, 0.29) is 6.10 Å². The SMILES string of the molecule is Cc1ccc(C)c2c1CSC[C@@H]2O. The van der Waals surface area contributed by atoms with Crippen LogP contribution >= 0.6 is 11.8 Å². The minimum Gasteiger partial charge on any atom is -0.388 e. The summed E-state index contributed by atoms with van der Waals surface area (Å²) >= 11 is 1.82. The fourth-order valence-corrected chi connectivity index (χ4v) is 3.00. The largest absolute Gasteiger partial charge is 0.388 e. The summed E-state index contributed by atoms with van der Waals surface area (Å²) in [4.78, 5) is 0. The Morgan fingerprint density at radius 3 is 2.69 bits per heavy atom. The van der Waals surface area contributed by atoms with Crippen molar-refractivity contribution in [2.24, 2.45) is 0 Å². The first-order valence-electron chi connectivity index (χ1n) is 4.55. The summed E-state index contributed by atoms with van der Waals surface area (Å²) in [5, 5.41) is 9.85. The fraction of sp³-hybridized carbons (Fsp3) is 0.455. The van der Waals surface area contributed by atoms with Crippen LogP contribution in [-0.4, -0.2) is 10.9 Å². The van der Waals surface area contributed by atoms with Gasteiger partial charge in [-0.2, -0.15) is 11.8 Å². The molecule has 0 saturated heterocycles. The maximum Gasteiger partial charge on any atom is 0.0886 e. The van der Waals surface area contributed by atoms with E-state index in [4.69, 9.17) is 0 Å². The van der Waals surface area contributed by atoms with Crippen molar-refractivity contribution >= 4 is 11.8 Å². The Balaban J connectivity index is 2.60. The number of benzene rings is 1. The molecule has 13 heavy (non-hydrogen) atoms. The molecule has 1 N–H and O–H groups in total. The minimum absolute atomic E-state index is 0.256. The lowest BCUT2D eigenvalue weighted by Crippen LogP contribution is -2.12. The second-order valence-electron chi connectivity index (χ2n) is 3.62. The molecule has 1 heterocycles. The van der Waals surface area contributed by atoms with Crippen molar-refractivity contribution in [1.82, 2.24) is 0 Å². The van der Waals surface area contributed by atoms with Gasteiger partial charge in [-0.15, -0.1) is 0 Å². The predicted octanol–water partition coefficient (Wildman–Crippen LogP) is 2.58. The first-order chi connectivity index (χ1) is 6.20. The van der Waals surface area contributed by atoms with Gasteiger partial charge in [0, 0.05) is 11.5 Å². The molecule has 0 radical (unpaired) electrons. The molecule has 0 amide bonds. The third-order valence-electron chi connectivity index (χ3n) is 2.66. The molecule has 1 aromatic carbocycles. The summed E-state index contributed by atoms with van der Waals surface area (Å²) in [7, 11) is 0. The van der Waals surface area contributed by atoms with Gasteiger partial charge < -0.3 is 5.11 Å². The zero-order valence-corrected chi connectivity index (χ0v) is 8.82. The van der Waals surface area contributed by atoms with Crippen molar-refractivity contribution in [3.8, 4) is 0 Å². The quantitative estimate of drug-likeness (QED) is 0.685. The molecule has 0 bridgehead atoms. The number of hydrogen-bond donors (Lipinski definition) is 1. The van der Waals surface area contributed by atoms with Crippen LogP contribution in [0.4, 0.5) is 0 Å². The molecule has 70 valence electrons. The molecule has 0 aliphatic carbocycles. The number of fused-ring (bicyclic) bond motifs is 1. The van der Waals surface area contributed by atoms with Gasteiger partial charge in [0.15, 0.2) is 0 Å². The lowest BCUT2D eigenvalue weighted by atomic mass is 9.94. The summed E-state index contributed by atoms with van der Waals surface area (Å²) in [5.74, 6) is 1.90. The first kappa shape index (κ1) is 9.10. The van der Waals surface area contributed by atoms with Gasteiger partial charge in [-0.1, -0.05) is 12.1 Å². The Morgan fingerprint density at radius 2 is 2.00 bits per heavy atom. The number of thioether (sulfide) groups is 1. The predicted molar refractivity (Wildman–Crippen MR) is 57.0 cm³/mol. The van der Waals surface area contributed by atoms with Crippen molar-refractivity contribution in [1.29, 1.82) is 0 Å². The fourth-order valence-electron chi connectivity index (χ4n) is 1.90. The number of aliphatic hydroxyl groups is 1. The molecule has 0 aromatic heterocycles. The van der Waals surface area contributed by atoms with Crippen molar-refractivity contribution in [3.05, 3.63) is 34.4 Å². The topological polar surface area (TPSA) is 20.2 Å². The third kappa shape index (κ3) is 1.49. The molecule has 1 aliphatic heterocycles. The number of aryl methyl sites for hydroxylation is 2. The highest BCUT2D eigenvalue weighted by Crippen LogP contribution is 2.35. The zero-order valence-electron chi connectivity index (χ0n) is 8.00. The van der Waals surface area contributed by atoms with Gasteiger partial charge in [-0.05, 0) is 36.1 Å². The van der Waals surface area contributed by atoms with Crippen LogP contribution in [0.15, 0.2) is 12.1 Å². The van der Waals surface area contributed by atoms with Crippen molar-refractivity contribution in [3.63, 3.8) is 0 Å². The van der Waals surface area contributed by atoms with Gasteiger partial charge in [0.1, 0.15) is 0 Å². The van der Waals surface area contributed by atoms with Crippen LogP contribution in [0, 0.1) is 13.8 Å². The van der Waals surface area contributed by atoms with Crippen molar-refractivity contribution in [2.45, 2.75) is 25.7 Å². The lowest BCUT2D eigenvalue weighted by molar-refractivity contribution is 0.201. The molecule has 1 atom stereocenters. The van der Waals surface area contributed by atoms with Crippen molar-refractivity contribution < 1.29 is 5.11 Å². The second-order valence-corrected chi connectivity index (χ2v) is 4.65. The Morgan fingerprint density at radius 1 is 1.31 bits per heavy atom. The number of aliphatic hydroxyl groups excluding tert-OH is 1. The minimum atomic E-state index is -0.256. The first-order valence-corrected chi connectivity index (χ1v) is 5.70. The molecular weight excluding hydrogens is 180 g/mol. The average Bonchev–Trinajstić information content (AvgIpc) is 2.12.